The van der Waals surface area contributed by atoms with Crippen LogP contribution in [0.25, 0.3) is 0 Å². The Bertz CT molecular complexity index is 462. The Morgan fingerprint density at radius 3 is 3.00 bits per heavy atom. The number of carbonyl (C=O) groups excluding carboxylic acids is 2. The first-order chi connectivity index (χ1) is 9.59. The standard InChI is InChI=1S/C13H19N3O2S2/c1-9(2)13(18)16-8-20-6-11(16)12(17)14-4-3-10-5-19-7-15-10/h5,7,9,11H,3-4,6,8H2,1-2H3,(H,14,17)/t11-/m1/s1. The Morgan fingerprint density at radius 1 is 1.55 bits per heavy atom. The van der Waals surface area contributed by atoms with Crippen LogP contribution in [0.4, 0.5) is 0 Å². The van der Waals surface area contributed by atoms with Gasteiger partial charge in [0.15, 0.2) is 0 Å². The molecule has 1 aliphatic heterocycles. The molecule has 2 amide bonds. The van der Waals surface area contributed by atoms with E-state index in [0.717, 1.165) is 12.1 Å². The van der Waals surface area contributed by atoms with Gasteiger partial charge >= 0.3 is 0 Å². The van der Waals surface area contributed by atoms with E-state index in [-0.39, 0.29) is 23.8 Å². The Kier molecular flexibility index (Phi) is 5.42. The molecule has 0 aromatic carbocycles. The first-order valence-corrected chi connectivity index (χ1v) is 8.72. The number of hydrogen-bond acceptors (Lipinski definition) is 5. The van der Waals surface area contributed by atoms with Crippen LogP contribution in [-0.4, -0.2) is 45.9 Å². The average Bonchev–Trinajstić information content (AvgIpc) is 3.08. The maximum absolute atomic E-state index is 12.2. The van der Waals surface area contributed by atoms with E-state index in [1.54, 1.807) is 33.5 Å². The maximum atomic E-state index is 12.2. The van der Waals surface area contributed by atoms with Crippen LogP contribution in [0, 0.1) is 5.92 Å². The highest BCUT2D eigenvalue weighted by Gasteiger charge is 2.35. The first kappa shape index (κ1) is 15.3. The molecule has 5 nitrogen and oxygen atoms in total. The second-order valence-corrected chi connectivity index (χ2v) is 6.72. The molecule has 0 bridgehead atoms. The average molecular weight is 313 g/mol. The molecule has 1 N–H and O–H groups in total. The lowest BCUT2D eigenvalue weighted by atomic mass is 10.1. The molecule has 0 unspecified atom stereocenters. The number of nitrogens with one attached hydrogen (secondary N) is 1. The Hall–Kier alpha value is -1.08. The van der Waals surface area contributed by atoms with Crippen molar-refractivity contribution in [2.75, 3.05) is 18.2 Å². The molecule has 7 heteroatoms. The summed E-state index contributed by atoms with van der Waals surface area (Å²) in [6.07, 6.45) is 0.729. The molecule has 1 atom stereocenters. The largest absolute Gasteiger partial charge is 0.354 e. The molecule has 1 fully saturated rings. The van der Waals surface area contributed by atoms with E-state index >= 15 is 0 Å². The Balaban J connectivity index is 1.83. The molecular weight excluding hydrogens is 294 g/mol. The molecule has 1 aromatic heterocycles. The van der Waals surface area contributed by atoms with Gasteiger partial charge in [-0.15, -0.1) is 23.1 Å². The molecule has 0 aliphatic carbocycles. The number of amides is 2. The van der Waals surface area contributed by atoms with E-state index in [1.807, 2.05) is 19.2 Å². The van der Waals surface area contributed by atoms with E-state index in [2.05, 4.69) is 10.3 Å². The summed E-state index contributed by atoms with van der Waals surface area (Å²) in [7, 11) is 0. The Morgan fingerprint density at radius 2 is 2.35 bits per heavy atom. The Labute approximate surface area is 127 Å². The van der Waals surface area contributed by atoms with Gasteiger partial charge in [-0.2, -0.15) is 0 Å². The number of thioether (sulfide) groups is 1. The van der Waals surface area contributed by atoms with Crippen molar-refractivity contribution in [2.45, 2.75) is 26.3 Å². The van der Waals surface area contributed by atoms with Crippen LogP contribution in [0.15, 0.2) is 10.9 Å². The van der Waals surface area contributed by atoms with E-state index in [1.165, 1.54) is 0 Å². The highest BCUT2D eigenvalue weighted by atomic mass is 32.2. The molecule has 0 spiro atoms. The number of rotatable bonds is 5. The van der Waals surface area contributed by atoms with Crippen molar-refractivity contribution in [1.82, 2.24) is 15.2 Å². The van der Waals surface area contributed by atoms with Gasteiger partial charge in [0.2, 0.25) is 11.8 Å². The molecule has 0 radical (unpaired) electrons. The molecule has 20 heavy (non-hydrogen) atoms. The van der Waals surface area contributed by atoms with Crippen LogP contribution in [-0.2, 0) is 16.0 Å². The molecule has 1 aliphatic rings. The molecule has 0 saturated carbocycles. The zero-order valence-electron chi connectivity index (χ0n) is 11.7. The van der Waals surface area contributed by atoms with Gasteiger partial charge in [-0.05, 0) is 0 Å². The van der Waals surface area contributed by atoms with Crippen LogP contribution in [0.1, 0.15) is 19.5 Å². The summed E-state index contributed by atoms with van der Waals surface area (Å²) in [4.78, 5) is 30.1. The van der Waals surface area contributed by atoms with Crippen molar-refractivity contribution in [1.29, 1.82) is 0 Å². The van der Waals surface area contributed by atoms with Crippen LogP contribution in [0.3, 0.4) is 0 Å². The van der Waals surface area contributed by atoms with E-state index in [0.29, 0.717) is 18.2 Å². The summed E-state index contributed by atoms with van der Waals surface area (Å²) in [6.45, 7) is 4.29. The molecule has 1 aromatic rings. The summed E-state index contributed by atoms with van der Waals surface area (Å²) in [5.74, 6) is 1.22. The number of carbonyl (C=O) groups is 2. The highest BCUT2D eigenvalue weighted by molar-refractivity contribution is 7.99. The fraction of sp³-hybridized carbons (Fsp3) is 0.615. The SMILES string of the molecule is CC(C)C(=O)N1CSC[C@@H]1C(=O)NCCc1cscn1. The number of hydrogen-bond donors (Lipinski definition) is 1. The zero-order chi connectivity index (χ0) is 14.5. The van der Waals surface area contributed by atoms with Gasteiger partial charge in [-0.1, -0.05) is 13.8 Å². The van der Waals surface area contributed by atoms with Crippen molar-refractivity contribution in [2.24, 2.45) is 5.92 Å². The second-order valence-electron chi connectivity index (χ2n) is 5.00. The topological polar surface area (TPSA) is 62.3 Å². The molecule has 110 valence electrons. The van der Waals surface area contributed by atoms with Gasteiger partial charge in [0, 0.05) is 30.0 Å². The summed E-state index contributed by atoms with van der Waals surface area (Å²) in [5, 5.41) is 4.88. The normalized spacial score (nSPS) is 18.6. The van der Waals surface area contributed by atoms with Gasteiger partial charge in [-0.25, -0.2) is 4.98 Å². The lowest BCUT2D eigenvalue weighted by molar-refractivity contribution is -0.140. The molecular formula is C13H19N3O2S2. The smallest absolute Gasteiger partial charge is 0.243 e. The summed E-state index contributed by atoms with van der Waals surface area (Å²) in [6, 6.07) is -0.328. The molecule has 2 rings (SSSR count). The van der Waals surface area contributed by atoms with Gasteiger partial charge < -0.3 is 10.2 Å². The minimum atomic E-state index is -0.328. The van der Waals surface area contributed by atoms with Crippen LogP contribution in [0.2, 0.25) is 0 Å². The number of thiazole rings is 1. The quantitative estimate of drug-likeness (QED) is 0.891. The fourth-order valence-corrected chi connectivity index (χ4v) is 3.76. The summed E-state index contributed by atoms with van der Waals surface area (Å²) in [5.41, 5.74) is 2.78. The van der Waals surface area contributed by atoms with Gasteiger partial charge in [-0.3, -0.25) is 9.59 Å². The van der Waals surface area contributed by atoms with E-state index < -0.39 is 0 Å². The van der Waals surface area contributed by atoms with Crippen LogP contribution < -0.4 is 5.32 Å². The van der Waals surface area contributed by atoms with E-state index in [4.69, 9.17) is 0 Å². The number of nitrogens with zero attached hydrogens (tertiary/aromatic N) is 2. The monoisotopic (exact) mass is 313 g/mol. The van der Waals surface area contributed by atoms with Gasteiger partial charge in [0.1, 0.15) is 6.04 Å². The second kappa shape index (κ2) is 7.08. The highest BCUT2D eigenvalue weighted by Crippen LogP contribution is 2.22. The maximum Gasteiger partial charge on any atom is 0.243 e. The number of aromatic nitrogens is 1. The zero-order valence-corrected chi connectivity index (χ0v) is 13.3. The predicted octanol–water partition coefficient (Wildman–Crippen LogP) is 1.36. The van der Waals surface area contributed by atoms with Crippen molar-refractivity contribution in [3.63, 3.8) is 0 Å². The van der Waals surface area contributed by atoms with Gasteiger partial charge in [0.25, 0.3) is 0 Å². The van der Waals surface area contributed by atoms with E-state index in [9.17, 15) is 9.59 Å². The minimum absolute atomic E-state index is 0.0506. The van der Waals surface area contributed by atoms with Crippen molar-refractivity contribution in [3.05, 3.63) is 16.6 Å². The first-order valence-electron chi connectivity index (χ1n) is 6.62. The minimum Gasteiger partial charge on any atom is -0.354 e. The summed E-state index contributed by atoms with van der Waals surface area (Å²) >= 11 is 3.18. The van der Waals surface area contributed by atoms with Crippen molar-refractivity contribution >= 4 is 34.9 Å². The lowest BCUT2D eigenvalue weighted by Gasteiger charge is -2.24. The fourth-order valence-electron chi connectivity index (χ4n) is 2.00. The third-order valence-corrected chi connectivity index (χ3v) is 4.77. The third kappa shape index (κ3) is 3.73. The molecule has 1 saturated heterocycles. The van der Waals surface area contributed by atoms with Crippen molar-refractivity contribution < 1.29 is 9.59 Å². The van der Waals surface area contributed by atoms with Crippen molar-refractivity contribution in [3.8, 4) is 0 Å². The molecule has 2 heterocycles. The predicted molar refractivity (Wildman–Crippen MR) is 81.6 cm³/mol. The van der Waals surface area contributed by atoms with Crippen LogP contribution in [0.5, 0.6) is 0 Å². The summed E-state index contributed by atoms with van der Waals surface area (Å²) < 4.78 is 0. The van der Waals surface area contributed by atoms with Gasteiger partial charge in [0.05, 0.1) is 17.1 Å². The lowest BCUT2D eigenvalue weighted by Crippen LogP contribution is -2.48. The van der Waals surface area contributed by atoms with Crippen LogP contribution >= 0.6 is 23.1 Å². The third-order valence-electron chi connectivity index (χ3n) is 3.13.